The molecule has 8 nitrogen and oxygen atoms in total. The van der Waals surface area contributed by atoms with Crippen molar-refractivity contribution in [3.63, 3.8) is 0 Å². The molecule has 0 atom stereocenters. The third-order valence-corrected chi connectivity index (χ3v) is 7.08. The average molecular weight is 531 g/mol. The minimum atomic E-state index is -0.885. The number of aliphatic carboxylic acids is 1. The van der Waals surface area contributed by atoms with Crippen LogP contribution in [0.15, 0.2) is 54.2 Å². The minimum Gasteiger partial charge on any atom is -0.497 e. The van der Waals surface area contributed by atoms with Gasteiger partial charge >= 0.3 is 5.97 Å². The third-order valence-electron chi connectivity index (χ3n) is 7.08. The van der Waals surface area contributed by atoms with E-state index in [1.54, 1.807) is 21.3 Å². The fourth-order valence-electron chi connectivity index (χ4n) is 4.94. The summed E-state index contributed by atoms with van der Waals surface area (Å²) in [6.45, 7) is 2.48. The Kier molecular flexibility index (Phi) is 8.44. The highest BCUT2D eigenvalue weighted by atomic mass is 16.5. The van der Waals surface area contributed by atoms with Crippen molar-refractivity contribution in [2.75, 3.05) is 21.3 Å². The summed E-state index contributed by atoms with van der Waals surface area (Å²) in [7, 11) is 6.70. The number of allylic oxidation sites excluding steroid dienone is 2. The van der Waals surface area contributed by atoms with Crippen LogP contribution in [0.3, 0.4) is 0 Å². The largest absolute Gasteiger partial charge is 0.497 e. The van der Waals surface area contributed by atoms with E-state index < -0.39 is 5.97 Å². The summed E-state index contributed by atoms with van der Waals surface area (Å²) in [5.74, 6) is 0.904. The number of nitrogens with one attached hydrogen (secondary N) is 1. The first-order valence-corrected chi connectivity index (χ1v) is 12.7. The van der Waals surface area contributed by atoms with E-state index in [2.05, 4.69) is 5.32 Å². The van der Waals surface area contributed by atoms with E-state index in [0.717, 1.165) is 44.9 Å². The number of hydrogen-bond donors (Lipinski definition) is 2. The number of carboxylic acids is 1. The summed E-state index contributed by atoms with van der Waals surface area (Å²) in [5.41, 5.74) is 7.47. The molecule has 8 heteroatoms. The van der Waals surface area contributed by atoms with Crippen molar-refractivity contribution in [1.29, 1.82) is 0 Å². The maximum atomic E-state index is 13.0. The van der Waals surface area contributed by atoms with E-state index in [-0.39, 0.29) is 18.7 Å². The number of nitrogens with zero attached hydrogens (tertiary/aromatic N) is 1. The van der Waals surface area contributed by atoms with Gasteiger partial charge in [0.05, 0.1) is 34.3 Å². The predicted molar refractivity (Wildman–Crippen MR) is 151 cm³/mol. The highest BCUT2D eigenvalue weighted by Crippen LogP contribution is 2.45. The Hall–Kier alpha value is -4.46. The normalized spacial score (nSPS) is 13.4. The Morgan fingerprint density at radius 2 is 1.72 bits per heavy atom. The lowest BCUT2D eigenvalue weighted by molar-refractivity contribution is -0.137. The fraction of sp³-hybridized carbons (Fsp3) is 0.290. The summed E-state index contributed by atoms with van der Waals surface area (Å²) in [5, 5.41) is 12.2. The van der Waals surface area contributed by atoms with Crippen LogP contribution in [0.5, 0.6) is 17.2 Å². The number of aromatic nitrogens is 1. The molecule has 0 spiro atoms. The summed E-state index contributed by atoms with van der Waals surface area (Å²) < 4.78 is 18.7. The highest BCUT2D eigenvalue weighted by molar-refractivity contribution is 6.08. The Morgan fingerprint density at radius 3 is 2.31 bits per heavy atom. The number of carboxylic acid groups (broad SMARTS) is 1. The topological polar surface area (TPSA) is 99.0 Å². The lowest BCUT2D eigenvalue weighted by atomic mass is 9.98. The summed E-state index contributed by atoms with van der Waals surface area (Å²) in [6.07, 6.45) is 4.49. The van der Waals surface area contributed by atoms with E-state index in [4.69, 9.17) is 19.3 Å². The Morgan fingerprint density at radius 1 is 1.00 bits per heavy atom. The lowest BCUT2D eigenvalue weighted by Gasteiger charge is -2.14. The van der Waals surface area contributed by atoms with E-state index in [1.165, 1.54) is 0 Å². The van der Waals surface area contributed by atoms with E-state index in [0.29, 0.717) is 30.0 Å². The molecule has 0 bridgehead atoms. The van der Waals surface area contributed by atoms with Crippen molar-refractivity contribution in [2.24, 2.45) is 7.05 Å². The molecule has 0 saturated carbocycles. The summed E-state index contributed by atoms with van der Waals surface area (Å²) in [4.78, 5) is 24.2. The van der Waals surface area contributed by atoms with Gasteiger partial charge in [0, 0.05) is 30.9 Å². The molecule has 3 aromatic rings. The molecule has 2 N–H and O–H groups in total. The molecule has 0 fully saturated rings. The van der Waals surface area contributed by atoms with E-state index in [1.807, 2.05) is 73.3 Å². The van der Waals surface area contributed by atoms with Crippen molar-refractivity contribution in [3.05, 3.63) is 82.2 Å². The number of carbonyl (C=O) groups is 2. The van der Waals surface area contributed by atoms with E-state index >= 15 is 0 Å². The van der Waals surface area contributed by atoms with Crippen molar-refractivity contribution < 1.29 is 28.9 Å². The van der Waals surface area contributed by atoms with E-state index in [9.17, 15) is 9.59 Å². The second-order valence-electron chi connectivity index (χ2n) is 9.43. The molecule has 2 aromatic carbocycles. The molecular weight excluding hydrogens is 496 g/mol. The number of amides is 1. The van der Waals surface area contributed by atoms with Gasteiger partial charge in [-0.05, 0) is 89.2 Å². The number of carbonyl (C=O) groups excluding carboxylic acids is 1. The van der Waals surface area contributed by atoms with Crippen molar-refractivity contribution in [3.8, 4) is 17.2 Å². The van der Waals surface area contributed by atoms with Gasteiger partial charge in [-0.1, -0.05) is 6.07 Å². The first-order chi connectivity index (χ1) is 18.7. The van der Waals surface area contributed by atoms with Crippen LogP contribution in [-0.2, 0) is 29.6 Å². The van der Waals surface area contributed by atoms with Crippen LogP contribution >= 0.6 is 0 Å². The lowest BCUT2D eigenvalue weighted by Crippen LogP contribution is -2.23. The van der Waals surface area contributed by atoms with Gasteiger partial charge in [-0.3, -0.25) is 9.59 Å². The highest BCUT2D eigenvalue weighted by Gasteiger charge is 2.26. The zero-order valence-corrected chi connectivity index (χ0v) is 23.0. The van der Waals surface area contributed by atoms with Crippen LogP contribution in [0.25, 0.3) is 17.2 Å². The monoisotopic (exact) mass is 530 g/mol. The third kappa shape index (κ3) is 6.00. The van der Waals surface area contributed by atoms with Crippen molar-refractivity contribution in [1.82, 2.24) is 9.88 Å². The van der Waals surface area contributed by atoms with Gasteiger partial charge in [-0.15, -0.1) is 0 Å². The zero-order chi connectivity index (χ0) is 28.1. The van der Waals surface area contributed by atoms with Gasteiger partial charge < -0.3 is 29.2 Å². The molecular formula is C31H34N2O6. The summed E-state index contributed by atoms with van der Waals surface area (Å²) in [6, 6.07) is 13.6. The number of fused-ring (bicyclic) bond motifs is 1. The predicted octanol–water partition coefficient (Wildman–Crippen LogP) is 5.10. The number of hydrogen-bond acceptors (Lipinski definition) is 5. The second kappa shape index (κ2) is 11.9. The first kappa shape index (κ1) is 27.6. The van der Waals surface area contributed by atoms with Crippen LogP contribution in [0.1, 0.15) is 47.7 Å². The molecule has 1 aromatic heterocycles. The molecule has 0 radical (unpaired) electrons. The van der Waals surface area contributed by atoms with Gasteiger partial charge in [-0.2, -0.15) is 0 Å². The minimum absolute atomic E-state index is 0.0281. The molecule has 4 rings (SSSR count). The van der Waals surface area contributed by atoms with Crippen LogP contribution in [0, 0.1) is 0 Å². The number of ether oxygens (including phenoxy) is 3. The van der Waals surface area contributed by atoms with Gasteiger partial charge in [-0.25, -0.2) is 0 Å². The second-order valence-corrected chi connectivity index (χ2v) is 9.43. The van der Waals surface area contributed by atoms with Gasteiger partial charge in [0.25, 0.3) is 0 Å². The van der Waals surface area contributed by atoms with Gasteiger partial charge in [0.15, 0.2) is 0 Å². The first-order valence-electron chi connectivity index (χ1n) is 12.7. The molecule has 1 aliphatic rings. The average Bonchev–Trinajstić information content (AvgIpc) is 3.45. The molecule has 1 amide bonds. The van der Waals surface area contributed by atoms with Gasteiger partial charge in [0.1, 0.15) is 17.2 Å². The molecule has 0 unspecified atom stereocenters. The molecule has 0 aliphatic heterocycles. The number of aryl methyl sites for hydroxylation is 1. The number of rotatable bonds is 11. The number of methoxy groups -OCH3 is 3. The quantitative estimate of drug-likeness (QED) is 0.358. The summed E-state index contributed by atoms with van der Waals surface area (Å²) >= 11 is 0. The molecule has 1 heterocycles. The molecule has 39 heavy (non-hydrogen) atoms. The van der Waals surface area contributed by atoms with Crippen LogP contribution < -0.4 is 19.5 Å². The molecule has 0 saturated heterocycles. The fourth-order valence-corrected chi connectivity index (χ4v) is 4.94. The maximum absolute atomic E-state index is 13.0. The van der Waals surface area contributed by atoms with Crippen LogP contribution in [-0.4, -0.2) is 42.9 Å². The van der Waals surface area contributed by atoms with Crippen molar-refractivity contribution in [2.45, 2.75) is 32.7 Å². The Labute approximate surface area is 228 Å². The smallest absolute Gasteiger partial charge is 0.303 e. The van der Waals surface area contributed by atoms with Crippen LogP contribution in [0.2, 0.25) is 0 Å². The Balaban J connectivity index is 1.70. The van der Waals surface area contributed by atoms with Crippen LogP contribution in [0.4, 0.5) is 0 Å². The van der Waals surface area contributed by atoms with Crippen molar-refractivity contribution >= 4 is 29.1 Å². The maximum Gasteiger partial charge on any atom is 0.303 e. The molecule has 204 valence electrons. The molecule has 1 aliphatic carbocycles. The van der Waals surface area contributed by atoms with Gasteiger partial charge in [0.2, 0.25) is 5.91 Å². The Bertz CT molecular complexity index is 1440. The number of benzene rings is 2. The standard InChI is InChI=1S/C31H34N2O6/c1-19-25(13-20-14-28(38-4)24(10-11-31(35)36)29(15-20)39-5)23-9-8-22(37-3)16-27(23)26(19)17-30(34)32-18-21-7-6-12-33(21)2/h6-9,12-16H,10-11,17-18H2,1-5H3,(H,32,34)(H,35,36)/b25-13-. The zero-order valence-electron chi connectivity index (χ0n) is 23.0. The SMILES string of the molecule is COc1ccc2c(c1)C(CC(=O)NCc1cccn1C)=C(C)/C2=C/c1cc(OC)c(CCC(=O)O)c(OC)c1.